The number of hydrogen-bond donors (Lipinski definition) is 3. The van der Waals surface area contributed by atoms with Gasteiger partial charge in [-0.3, -0.25) is 5.41 Å². The van der Waals surface area contributed by atoms with Gasteiger partial charge in [0, 0.05) is 6.42 Å². The lowest BCUT2D eigenvalue weighted by Gasteiger charge is -2.05. The van der Waals surface area contributed by atoms with E-state index in [1.165, 1.54) is 12.1 Å². The summed E-state index contributed by atoms with van der Waals surface area (Å²) in [6, 6.07) is 6.26. The predicted molar refractivity (Wildman–Crippen MR) is 48.6 cm³/mol. The fraction of sp³-hybridized carbons (Fsp3) is 0.222. The summed E-state index contributed by atoms with van der Waals surface area (Å²) in [4.78, 5) is 0. The van der Waals surface area contributed by atoms with E-state index < -0.39 is 12.0 Å². The molecule has 13 heavy (non-hydrogen) atoms. The number of nitrogens with two attached hydrogens (primary N) is 1. The van der Waals surface area contributed by atoms with E-state index in [1.54, 1.807) is 12.1 Å². The summed E-state index contributed by atoms with van der Waals surface area (Å²) in [5.41, 5.74) is 5.60. The number of rotatable bonds is 3. The molecule has 0 heterocycles. The minimum absolute atomic E-state index is 0.0315. The average Bonchev–Trinajstić information content (AvgIpc) is 2.04. The molecule has 0 amide bonds. The summed E-state index contributed by atoms with van der Waals surface area (Å²) in [5, 5.41) is 15.9. The number of amidine groups is 1. The largest absolute Gasteiger partial charge is 0.508 e. The molecule has 0 aromatic heterocycles. The van der Waals surface area contributed by atoms with Crippen LogP contribution in [0.3, 0.4) is 0 Å². The molecule has 1 atom stereocenters. The van der Waals surface area contributed by atoms with Crippen LogP contribution >= 0.6 is 0 Å². The van der Waals surface area contributed by atoms with Crippen molar-refractivity contribution >= 4 is 5.84 Å². The Balaban J connectivity index is 2.69. The van der Waals surface area contributed by atoms with E-state index in [-0.39, 0.29) is 12.2 Å². The highest BCUT2D eigenvalue weighted by molar-refractivity contribution is 5.81. The molecule has 3 nitrogen and oxygen atoms in total. The Hall–Kier alpha value is -1.58. The Morgan fingerprint density at radius 3 is 2.85 bits per heavy atom. The van der Waals surface area contributed by atoms with Gasteiger partial charge in [-0.2, -0.15) is 0 Å². The van der Waals surface area contributed by atoms with Crippen LogP contribution in [0.4, 0.5) is 4.39 Å². The molecule has 1 aromatic carbocycles. The summed E-state index contributed by atoms with van der Waals surface area (Å²) in [6.07, 6.45) is -1.44. The van der Waals surface area contributed by atoms with Gasteiger partial charge in [-0.1, -0.05) is 12.1 Å². The van der Waals surface area contributed by atoms with Gasteiger partial charge >= 0.3 is 0 Å². The Labute approximate surface area is 75.5 Å². The van der Waals surface area contributed by atoms with Crippen molar-refractivity contribution in [2.45, 2.75) is 12.6 Å². The summed E-state index contributed by atoms with van der Waals surface area (Å²) in [5.74, 6) is -0.392. The first-order valence-corrected chi connectivity index (χ1v) is 3.85. The van der Waals surface area contributed by atoms with E-state index in [0.717, 1.165) is 0 Å². The molecule has 1 rings (SSSR count). The summed E-state index contributed by atoms with van der Waals surface area (Å²) in [6.45, 7) is 0. The maximum Gasteiger partial charge on any atom is 0.160 e. The lowest BCUT2D eigenvalue weighted by atomic mass is 10.1. The molecule has 0 spiro atoms. The molecule has 70 valence electrons. The molecule has 0 saturated carbocycles. The van der Waals surface area contributed by atoms with E-state index in [4.69, 9.17) is 16.2 Å². The van der Waals surface area contributed by atoms with Gasteiger partial charge in [-0.05, 0) is 17.7 Å². The standard InChI is InChI=1S/C9H11FN2O/c10-8(9(11)12)5-6-2-1-3-7(13)4-6/h1-4,8,13H,5H2,(H3,11,12). The van der Waals surface area contributed by atoms with Crippen molar-refractivity contribution in [1.82, 2.24) is 0 Å². The molecule has 0 aliphatic heterocycles. The number of benzene rings is 1. The molecule has 0 aliphatic rings. The molecule has 0 aliphatic carbocycles. The van der Waals surface area contributed by atoms with Crippen LogP contribution in [-0.4, -0.2) is 17.1 Å². The zero-order valence-corrected chi connectivity index (χ0v) is 7.00. The number of alkyl halides is 1. The van der Waals surface area contributed by atoms with Gasteiger partial charge in [0.25, 0.3) is 0 Å². The Bertz CT molecular complexity index is 314. The van der Waals surface area contributed by atoms with Crippen LogP contribution < -0.4 is 5.73 Å². The van der Waals surface area contributed by atoms with Gasteiger partial charge < -0.3 is 10.8 Å². The third-order valence-electron chi connectivity index (χ3n) is 1.66. The first-order valence-electron chi connectivity index (χ1n) is 3.85. The third kappa shape index (κ3) is 2.74. The van der Waals surface area contributed by atoms with Crippen molar-refractivity contribution in [2.75, 3.05) is 0 Å². The SMILES string of the molecule is N=C(N)C(F)Cc1cccc(O)c1. The van der Waals surface area contributed by atoms with Crippen LogP contribution in [-0.2, 0) is 6.42 Å². The topological polar surface area (TPSA) is 70.1 Å². The number of hydrogen-bond acceptors (Lipinski definition) is 2. The summed E-state index contributed by atoms with van der Waals surface area (Å²) in [7, 11) is 0. The first kappa shape index (κ1) is 9.51. The quantitative estimate of drug-likeness (QED) is 0.485. The maximum atomic E-state index is 12.9. The van der Waals surface area contributed by atoms with E-state index in [0.29, 0.717) is 5.56 Å². The summed E-state index contributed by atoms with van der Waals surface area (Å²) >= 11 is 0. The van der Waals surface area contributed by atoms with Gasteiger partial charge in [0.2, 0.25) is 0 Å². The Morgan fingerprint density at radius 2 is 2.31 bits per heavy atom. The predicted octanol–water partition coefficient (Wildman–Crippen LogP) is 1.21. The van der Waals surface area contributed by atoms with Crippen LogP contribution in [0.2, 0.25) is 0 Å². The fourth-order valence-electron chi connectivity index (χ4n) is 1.00. The van der Waals surface area contributed by atoms with Gasteiger partial charge in [0.15, 0.2) is 6.17 Å². The maximum absolute atomic E-state index is 12.9. The molecule has 0 saturated heterocycles. The normalized spacial score (nSPS) is 12.4. The van der Waals surface area contributed by atoms with Crippen LogP contribution in [0.15, 0.2) is 24.3 Å². The number of phenols is 1. The smallest absolute Gasteiger partial charge is 0.160 e. The van der Waals surface area contributed by atoms with Crippen molar-refractivity contribution in [3.05, 3.63) is 29.8 Å². The van der Waals surface area contributed by atoms with Crippen LogP contribution in [0.5, 0.6) is 5.75 Å². The van der Waals surface area contributed by atoms with Crippen molar-refractivity contribution in [3.63, 3.8) is 0 Å². The average molecular weight is 182 g/mol. The molecule has 1 aromatic rings. The highest BCUT2D eigenvalue weighted by Gasteiger charge is 2.10. The van der Waals surface area contributed by atoms with E-state index in [1.807, 2.05) is 0 Å². The molecule has 0 bridgehead atoms. The second-order valence-corrected chi connectivity index (χ2v) is 2.80. The van der Waals surface area contributed by atoms with Crippen LogP contribution in [0.25, 0.3) is 0 Å². The van der Waals surface area contributed by atoms with Crippen molar-refractivity contribution < 1.29 is 9.50 Å². The van der Waals surface area contributed by atoms with Crippen molar-refractivity contribution in [2.24, 2.45) is 5.73 Å². The monoisotopic (exact) mass is 182 g/mol. The fourth-order valence-corrected chi connectivity index (χ4v) is 1.00. The van der Waals surface area contributed by atoms with Crippen molar-refractivity contribution in [3.8, 4) is 5.75 Å². The van der Waals surface area contributed by atoms with E-state index >= 15 is 0 Å². The number of aromatic hydroxyl groups is 1. The van der Waals surface area contributed by atoms with Gasteiger partial charge in [0.05, 0.1) is 0 Å². The lowest BCUT2D eigenvalue weighted by molar-refractivity contribution is 0.417. The van der Waals surface area contributed by atoms with Gasteiger partial charge in [-0.15, -0.1) is 0 Å². The zero-order valence-electron chi connectivity index (χ0n) is 7.00. The number of nitrogens with one attached hydrogen (secondary N) is 1. The minimum Gasteiger partial charge on any atom is -0.508 e. The number of phenolic OH excluding ortho intramolecular Hbond substituents is 1. The Morgan fingerprint density at radius 1 is 1.62 bits per heavy atom. The molecule has 0 fully saturated rings. The molecule has 4 N–H and O–H groups in total. The van der Waals surface area contributed by atoms with Crippen molar-refractivity contribution in [1.29, 1.82) is 5.41 Å². The second kappa shape index (κ2) is 3.89. The highest BCUT2D eigenvalue weighted by Crippen LogP contribution is 2.13. The van der Waals surface area contributed by atoms with Gasteiger partial charge in [0.1, 0.15) is 11.6 Å². The molecular formula is C9H11FN2O. The second-order valence-electron chi connectivity index (χ2n) is 2.80. The van der Waals surface area contributed by atoms with Gasteiger partial charge in [-0.25, -0.2) is 4.39 Å². The van der Waals surface area contributed by atoms with E-state index in [2.05, 4.69) is 0 Å². The molecule has 4 heteroatoms. The highest BCUT2D eigenvalue weighted by atomic mass is 19.1. The lowest BCUT2D eigenvalue weighted by Crippen LogP contribution is -2.25. The van der Waals surface area contributed by atoms with E-state index in [9.17, 15) is 4.39 Å². The summed E-state index contributed by atoms with van der Waals surface area (Å²) < 4.78 is 12.9. The minimum atomic E-state index is -1.47. The molecule has 0 radical (unpaired) electrons. The zero-order chi connectivity index (χ0) is 9.84. The Kier molecular flexibility index (Phi) is 2.84. The van der Waals surface area contributed by atoms with Crippen LogP contribution in [0, 0.1) is 5.41 Å². The number of halogens is 1. The molecular weight excluding hydrogens is 171 g/mol. The van der Waals surface area contributed by atoms with Crippen LogP contribution in [0.1, 0.15) is 5.56 Å². The third-order valence-corrected chi connectivity index (χ3v) is 1.66. The first-order chi connectivity index (χ1) is 6.09. The molecule has 1 unspecified atom stereocenters.